The van der Waals surface area contributed by atoms with Crippen molar-refractivity contribution in [3.63, 3.8) is 0 Å². The van der Waals surface area contributed by atoms with Crippen LogP contribution in [0.15, 0.2) is 23.9 Å². The van der Waals surface area contributed by atoms with Crippen LogP contribution in [0.25, 0.3) is 0 Å². The molecule has 0 radical (unpaired) electrons. The topological polar surface area (TPSA) is 57.6 Å². The Labute approximate surface area is 82.5 Å². The number of hydrogen-bond donors (Lipinski definition) is 1. The van der Waals surface area contributed by atoms with Crippen LogP contribution in [-0.4, -0.2) is 28.4 Å². The van der Waals surface area contributed by atoms with Crippen LogP contribution in [-0.2, 0) is 9.59 Å². The summed E-state index contributed by atoms with van der Waals surface area (Å²) in [5.41, 5.74) is 0.579. The molecule has 0 bridgehead atoms. The van der Waals surface area contributed by atoms with Crippen molar-refractivity contribution in [1.29, 1.82) is 0 Å². The third kappa shape index (κ3) is 1.84. The highest BCUT2D eigenvalue weighted by molar-refractivity contribution is 5.89. The summed E-state index contributed by atoms with van der Waals surface area (Å²) >= 11 is 0. The van der Waals surface area contributed by atoms with Gasteiger partial charge in [0.2, 0.25) is 5.91 Å². The summed E-state index contributed by atoms with van der Waals surface area (Å²) in [5, 5.41) is 8.79. The Kier molecular flexibility index (Phi) is 3.06. The number of allylic oxidation sites excluding steroid dienone is 1. The number of carboxylic acid groups (broad SMARTS) is 1. The second-order valence-corrected chi connectivity index (χ2v) is 3.17. The summed E-state index contributed by atoms with van der Waals surface area (Å²) in [6.07, 6.45) is 2.69. The third-order valence-corrected chi connectivity index (χ3v) is 2.26. The van der Waals surface area contributed by atoms with Crippen LogP contribution in [0.2, 0.25) is 0 Å². The molecule has 0 aliphatic carbocycles. The average Bonchev–Trinajstić information content (AvgIpc) is 2.53. The average molecular weight is 195 g/mol. The summed E-state index contributed by atoms with van der Waals surface area (Å²) in [6.45, 7) is 5.59. The van der Waals surface area contributed by atoms with Crippen molar-refractivity contribution in [1.82, 2.24) is 4.90 Å². The Balaban J connectivity index is 3.02. The maximum absolute atomic E-state index is 11.4. The van der Waals surface area contributed by atoms with Crippen molar-refractivity contribution in [2.24, 2.45) is 0 Å². The smallest absolute Gasteiger partial charge is 0.333 e. The quantitative estimate of drug-likeness (QED) is 0.543. The van der Waals surface area contributed by atoms with E-state index >= 15 is 0 Å². The van der Waals surface area contributed by atoms with Gasteiger partial charge in [0.05, 0.1) is 11.3 Å². The molecule has 1 heterocycles. The van der Waals surface area contributed by atoms with E-state index in [4.69, 9.17) is 5.11 Å². The SMILES string of the molecule is C=CC(=C(C)C(=O)O)N1CCCC1=O. The Morgan fingerprint density at radius 1 is 1.64 bits per heavy atom. The summed E-state index contributed by atoms with van der Waals surface area (Å²) in [5.74, 6) is -1.04. The predicted octanol–water partition coefficient (Wildman–Crippen LogP) is 1.15. The molecule has 1 aliphatic heterocycles. The molecule has 1 aliphatic rings. The number of nitrogens with zero attached hydrogens (tertiary/aromatic N) is 1. The Morgan fingerprint density at radius 2 is 2.29 bits per heavy atom. The molecule has 0 aromatic rings. The second-order valence-electron chi connectivity index (χ2n) is 3.17. The van der Waals surface area contributed by atoms with E-state index in [1.54, 1.807) is 0 Å². The third-order valence-electron chi connectivity index (χ3n) is 2.26. The molecule has 1 saturated heterocycles. The minimum absolute atomic E-state index is 0.0273. The van der Waals surface area contributed by atoms with Crippen molar-refractivity contribution in [3.05, 3.63) is 23.9 Å². The van der Waals surface area contributed by atoms with Gasteiger partial charge in [-0.15, -0.1) is 0 Å². The summed E-state index contributed by atoms with van der Waals surface area (Å²) < 4.78 is 0. The summed E-state index contributed by atoms with van der Waals surface area (Å²) in [6, 6.07) is 0. The van der Waals surface area contributed by atoms with Crippen LogP contribution in [0.3, 0.4) is 0 Å². The highest BCUT2D eigenvalue weighted by Gasteiger charge is 2.24. The first-order chi connectivity index (χ1) is 6.57. The number of carbonyl (C=O) groups excluding carboxylic acids is 1. The van der Waals surface area contributed by atoms with Crippen LogP contribution < -0.4 is 0 Å². The standard InChI is InChI=1S/C10H13NO3/c1-3-8(7(2)10(13)14)11-6-4-5-9(11)12/h3H,1,4-6H2,2H3,(H,13,14). The lowest BCUT2D eigenvalue weighted by atomic mass is 10.2. The number of carbonyl (C=O) groups is 2. The van der Waals surface area contributed by atoms with Crippen LogP contribution in [0.4, 0.5) is 0 Å². The van der Waals surface area contributed by atoms with E-state index < -0.39 is 5.97 Å². The van der Waals surface area contributed by atoms with E-state index in [9.17, 15) is 9.59 Å². The minimum Gasteiger partial charge on any atom is -0.478 e. The fraction of sp³-hybridized carbons (Fsp3) is 0.400. The van der Waals surface area contributed by atoms with Crippen LogP contribution in [0, 0.1) is 0 Å². The second kappa shape index (κ2) is 4.09. The number of carboxylic acids is 1. The van der Waals surface area contributed by atoms with E-state index in [0.29, 0.717) is 18.7 Å². The highest BCUT2D eigenvalue weighted by Crippen LogP contribution is 2.19. The molecule has 4 heteroatoms. The molecule has 1 rings (SSSR count). The van der Waals surface area contributed by atoms with Crippen molar-refractivity contribution in [2.45, 2.75) is 19.8 Å². The molecule has 0 aromatic heterocycles. The minimum atomic E-state index is -1.01. The highest BCUT2D eigenvalue weighted by atomic mass is 16.4. The number of likely N-dealkylation sites (tertiary alicyclic amines) is 1. The molecular weight excluding hydrogens is 182 g/mol. The zero-order chi connectivity index (χ0) is 10.7. The van der Waals surface area contributed by atoms with Gasteiger partial charge in [0.15, 0.2) is 0 Å². The molecule has 0 saturated carbocycles. The molecule has 0 unspecified atom stereocenters. The zero-order valence-corrected chi connectivity index (χ0v) is 8.12. The fourth-order valence-electron chi connectivity index (χ4n) is 1.48. The van der Waals surface area contributed by atoms with Crippen LogP contribution >= 0.6 is 0 Å². The van der Waals surface area contributed by atoms with Crippen molar-refractivity contribution in [3.8, 4) is 0 Å². The van der Waals surface area contributed by atoms with Crippen molar-refractivity contribution < 1.29 is 14.7 Å². The largest absolute Gasteiger partial charge is 0.478 e. The van der Waals surface area contributed by atoms with Gasteiger partial charge < -0.3 is 10.0 Å². The van der Waals surface area contributed by atoms with E-state index in [-0.39, 0.29) is 11.5 Å². The van der Waals surface area contributed by atoms with Crippen LogP contribution in [0.5, 0.6) is 0 Å². The van der Waals surface area contributed by atoms with Gasteiger partial charge in [-0.25, -0.2) is 4.79 Å². The fourth-order valence-corrected chi connectivity index (χ4v) is 1.48. The Morgan fingerprint density at radius 3 is 2.64 bits per heavy atom. The lowest BCUT2D eigenvalue weighted by Gasteiger charge is -2.17. The summed E-state index contributed by atoms with van der Waals surface area (Å²) in [7, 11) is 0. The number of hydrogen-bond acceptors (Lipinski definition) is 2. The van der Waals surface area contributed by atoms with Gasteiger partial charge in [-0.3, -0.25) is 4.79 Å². The van der Waals surface area contributed by atoms with Crippen molar-refractivity contribution >= 4 is 11.9 Å². The van der Waals surface area contributed by atoms with Gasteiger partial charge in [-0.05, 0) is 19.4 Å². The van der Waals surface area contributed by atoms with Gasteiger partial charge in [0.25, 0.3) is 0 Å². The Bertz CT molecular complexity index is 317. The van der Waals surface area contributed by atoms with E-state index in [1.807, 2.05) is 0 Å². The van der Waals surface area contributed by atoms with Gasteiger partial charge in [0, 0.05) is 13.0 Å². The monoisotopic (exact) mass is 195 g/mol. The number of aliphatic carboxylic acids is 1. The van der Waals surface area contributed by atoms with Gasteiger partial charge in [-0.2, -0.15) is 0 Å². The molecule has 76 valence electrons. The molecule has 4 nitrogen and oxygen atoms in total. The van der Waals surface area contributed by atoms with Gasteiger partial charge in [-0.1, -0.05) is 6.58 Å². The molecule has 0 aromatic carbocycles. The number of rotatable bonds is 3. The van der Waals surface area contributed by atoms with Crippen molar-refractivity contribution in [2.75, 3.05) is 6.54 Å². The predicted molar refractivity (Wildman–Crippen MR) is 51.5 cm³/mol. The maximum Gasteiger partial charge on any atom is 0.333 e. The normalized spacial score (nSPS) is 18.1. The molecule has 14 heavy (non-hydrogen) atoms. The lowest BCUT2D eigenvalue weighted by molar-refractivity contribution is -0.132. The first-order valence-corrected chi connectivity index (χ1v) is 4.45. The molecule has 1 fully saturated rings. The molecule has 0 atom stereocenters. The molecule has 1 N–H and O–H groups in total. The van der Waals surface area contributed by atoms with Gasteiger partial charge in [0.1, 0.15) is 0 Å². The van der Waals surface area contributed by atoms with Gasteiger partial charge >= 0.3 is 5.97 Å². The summed E-state index contributed by atoms with van der Waals surface area (Å²) in [4.78, 5) is 23.6. The van der Waals surface area contributed by atoms with E-state index in [0.717, 1.165) is 6.42 Å². The first-order valence-electron chi connectivity index (χ1n) is 4.45. The van der Waals surface area contributed by atoms with E-state index in [2.05, 4.69) is 6.58 Å². The maximum atomic E-state index is 11.4. The Hall–Kier alpha value is -1.58. The van der Waals surface area contributed by atoms with E-state index in [1.165, 1.54) is 17.9 Å². The first kappa shape index (κ1) is 10.5. The zero-order valence-electron chi connectivity index (χ0n) is 8.12. The van der Waals surface area contributed by atoms with Crippen LogP contribution in [0.1, 0.15) is 19.8 Å². The lowest BCUT2D eigenvalue weighted by Crippen LogP contribution is -2.25. The number of amides is 1. The molecular formula is C10H13NO3. The molecule has 1 amide bonds. The molecule has 0 spiro atoms.